The van der Waals surface area contributed by atoms with Gasteiger partial charge in [-0.05, 0) is 122 Å². The summed E-state index contributed by atoms with van der Waals surface area (Å²) in [7, 11) is 0. The fourth-order valence-corrected chi connectivity index (χ4v) is 9.23. The summed E-state index contributed by atoms with van der Waals surface area (Å²) in [6.45, 7) is 4.55. The molecule has 0 N–H and O–H groups in total. The second-order valence-corrected chi connectivity index (χ2v) is 16.0. The molecule has 10 aromatic rings. The van der Waals surface area contributed by atoms with Gasteiger partial charge in [0.15, 0.2) is 0 Å². The standard InChI is InChI=1S/C57H42N2/c1-57(2)53-19-11-9-17-49(53)50-35-34-48(38-54(50)57)58(46-30-25-41(26-31-46)39-13-5-3-6-14-39)47-32-27-42(28-33-47)40-21-23-43(24-22-40)44-29-36-56-52(37-44)51-18-10-12-20-55(51)59(56)45-15-7-4-8-16-45/h3-38H,1-2H3/i10D,11D. The van der Waals surface area contributed by atoms with E-state index in [1.165, 1.54) is 33.4 Å². The zero-order valence-electron chi connectivity index (χ0n) is 35.0. The molecule has 1 aliphatic rings. The van der Waals surface area contributed by atoms with Gasteiger partial charge in [-0.2, -0.15) is 0 Å². The first-order valence-electron chi connectivity index (χ1n) is 21.3. The third-order valence-corrected chi connectivity index (χ3v) is 12.3. The van der Waals surface area contributed by atoms with Crippen LogP contribution in [0.5, 0.6) is 0 Å². The minimum absolute atomic E-state index is 0.227. The maximum absolute atomic E-state index is 8.40. The van der Waals surface area contributed by atoms with E-state index in [1.54, 1.807) is 0 Å². The lowest BCUT2D eigenvalue weighted by Crippen LogP contribution is -2.16. The lowest BCUT2D eigenvalue weighted by Gasteiger charge is -2.28. The van der Waals surface area contributed by atoms with Crippen LogP contribution in [0.1, 0.15) is 27.7 Å². The van der Waals surface area contributed by atoms with Crippen molar-refractivity contribution in [2.24, 2.45) is 0 Å². The highest BCUT2D eigenvalue weighted by Crippen LogP contribution is 2.50. The summed E-state index contributed by atoms with van der Waals surface area (Å²) in [6, 6.07) is 74.1. The number of hydrogen-bond acceptors (Lipinski definition) is 1. The van der Waals surface area contributed by atoms with Gasteiger partial charge in [0.05, 0.1) is 13.8 Å². The molecule has 2 nitrogen and oxygen atoms in total. The van der Waals surface area contributed by atoms with Crippen molar-refractivity contribution in [3.8, 4) is 50.2 Å². The lowest BCUT2D eigenvalue weighted by atomic mass is 9.82. The molecule has 0 radical (unpaired) electrons. The third-order valence-electron chi connectivity index (χ3n) is 12.3. The van der Waals surface area contributed by atoms with E-state index in [0.717, 1.165) is 66.8 Å². The molecule has 11 rings (SSSR count). The van der Waals surface area contributed by atoms with Crippen molar-refractivity contribution in [1.29, 1.82) is 0 Å². The molecule has 0 amide bonds. The largest absolute Gasteiger partial charge is 0.310 e. The molecule has 59 heavy (non-hydrogen) atoms. The van der Waals surface area contributed by atoms with E-state index in [1.807, 2.05) is 30.3 Å². The van der Waals surface area contributed by atoms with Crippen LogP contribution in [0.2, 0.25) is 0 Å². The Morgan fingerprint density at radius 3 is 1.58 bits per heavy atom. The van der Waals surface area contributed by atoms with Crippen LogP contribution in [0.15, 0.2) is 218 Å². The number of anilines is 3. The van der Waals surface area contributed by atoms with Gasteiger partial charge in [0.2, 0.25) is 0 Å². The molecule has 280 valence electrons. The Morgan fingerprint density at radius 1 is 0.390 bits per heavy atom. The van der Waals surface area contributed by atoms with Crippen LogP contribution in [0, 0.1) is 0 Å². The summed E-state index contributed by atoms with van der Waals surface area (Å²) in [5.74, 6) is 0. The summed E-state index contributed by atoms with van der Waals surface area (Å²) in [6.07, 6.45) is 0. The monoisotopic (exact) mass is 756 g/mol. The molecule has 0 saturated heterocycles. The zero-order valence-corrected chi connectivity index (χ0v) is 33.0. The molecule has 0 bridgehead atoms. The molecule has 2 heteroatoms. The van der Waals surface area contributed by atoms with Gasteiger partial charge in [-0.15, -0.1) is 0 Å². The zero-order chi connectivity index (χ0) is 41.2. The minimum atomic E-state index is -0.227. The number of fused-ring (bicyclic) bond motifs is 6. The van der Waals surface area contributed by atoms with Crippen molar-refractivity contribution in [3.05, 3.63) is 229 Å². The van der Waals surface area contributed by atoms with Gasteiger partial charge in [-0.1, -0.05) is 165 Å². The van der Waals surface area contributed by atoms with E-state index in [4.69, 9.17) is 2.74 Å². The summed E-state index contributed by atoms with van der Waals surface area (Å²) < 4.78 is 19.1. The van der Waals surface area contributed by atoms with Crippen molar-refractivity contribution in [3.63, 3.8) is 0 Å². The van der Waals surface area contributed by atoms with Crippen LogP contribution in [-0.4, -0.2) is 4.57 Å². The van der Waals surface area contributed by atoms with E-state index in [2.05, 4.69) is 199 Å². The average Bonchev–Trinajstić information content (AvgIpc) is 3.74. The van der Waals surface area contributed by atoms with Gasteiger partial charge >= 0.3 is 0 Å². The number of para-hydroxylation sites is 2. The molecular formula is C57H42N2. The van der Waals surface area contributed by atoms with Gasteiger partial charge in [0.1, 0.15) is 0 Å². The van der Waals surface area contributed by atoms with Crippen LogP contribution < -0.4 is 4.90 Å². The quantitative estimate of drug-likeness (QED) is 0.157. The van der Waals surface area contributed by atoms with Crippen LogP contribution >= 0.6 is 0 Å². The summed E-state index contributed by atoms with van der Waals surface area (Å²) in [5, 5.41) is 2.23. The van der Waals surface area contributed by atoms with Crippen molar-refractivity contribution >= 4 is 38.9 Å². The number of benzene rings is 9. The number of aromatic nitrogens is 1. The van der Waals surface area contributed by atoms with Gasteiger partial charge in [-0.25, -0.2) is 0 Å². The number of nitrogens with zero attached hydrogens (tertiary/aromatic N) is 2. The molecule has 0 spiro atoms. The molecule has 1 aromatic heterocycles. The van der Waals surface area contributed by atoms with E-state index >= 15 is 0 Å². The predicted octanol–water partition coefficient (Wildman–Crippen LogP) is 15.6. The van der Waals surface area contributed by atoms with E-state index < -0.39 is 0 Å². The molecule has 0 saturated carbocycles. The number of rotatable bonds is 7. The molecule has 1 aliphatic carbocycles. The SMILES string of the molecule is [2H]c1ccc2c(c1)C(C)(C)c1cc(N(c3ccc(-c4ccccc4)cc3)c3ccc(-c4ccc(-c5ccc6c(c5)c5cc([2H])ccc5n6-c5ccccc5)cc4)cc3)ccc1-2. The summed E-state index contributed by atoms with van der Waals surface area (Å²) in [5.41, 5.74) is 18.3. The van der Waals surface area contributed by atoms with Crippen molar-refractivity contribution in [1.82, 2.24) is 4.57 Å². The molecule has 0 atom stereocenters. The molecule has 0 fully saturated rings. The molecule has 0 unspecified atom stereocenters. The molecule has 9 aromatic carbocycles. The highest BCUT2D eigenvalue weighted by Gasteiger charge is 2.35. The fraction of sp³-hybridized carbons (Fsp3) is 0.0526. The van der Waals surface area contributed by atoms with Gasteiger partial charge in [0, 0.05) is 38.9 Å². The molecular weight excluding hydrogens is 713 g/mol. The Morgan fingerprint density at radius 2 is 0.898 bits per heavy atom. The summed E-state index contributed by atoms with van der Waals surface area (Å²) >= 11 is 0. The van der Waals surface area contributed by atoms with Crippen molar-refractivity contribution < 1.29 is 2.74 Å². The Bertz CT molecular complexity index is 3260. The van der Waals surface area contributed by atoms with Crippen LogP contribution in [0.25, 0.3) is 72.0 Å². The highest BCUT2D eigenvalue weighted by atomic mass is 15.1. The maximum Gasteiger partial charge on any atom is 0.0623 e. The predicted molar refractivity (Wildman–Crippen MR) is 249 cm³/mol. The summed E-state index contributed by atoms with van der Waals surface area (Å²) in [4.78, 5) is 2.35. The second-order valence-electron chi connectivity index (χ2n) is 16.0. The Labute approximate surface area is 348 Å². The van der Waals surface area contributed by atoms with Gasteiger partial charge in [0.25, 0.3) is 0 Å². The second kappa shape index (κ2) is 13.9. The Balaban J connectivity index is 0.936. The lowest BCUT2D eigenvalue weighted by molar-refractivity contribution is 0.660. The van der Waals surface area contributed by atoms with E-state index in [9.17, 15) is 0 Å². The topological polar surface area (TPSA) is 8.17 Å². The van der Waals surface area contributed by atoms with Crippen molar-refractivity contribution in [2.45, 2.75) is 19.3 Å². The number of hydrogen-bond donors (Lipinski definition) is 0. The molecule has 0 aliphatic heterocycles. The van der Waals surface area contributed by atoms with Crippen LogP contribution in [0.4, 0.5) is 17.1 Å². The first-order chi connectivity index (χ1) is 29.8. The smallest absolute Gasteiger partial charge is 0.0623 e. The van der Waals surface area contributed by atoms with Crippen LogP contribution in [0.3, 0.4) is 0 Å². The fourth-order valence-electron chi connectivity index (χ4n) is 9.23. The minimum Gasteiger partial charge on any atom is -0.310 e. The van der Waals surface area contributed by atoms with Gasteiger partial charge < -0.3 is 9.47 Å². The average molecular weight is 757 g/mol. The highest BCUT2D eigenvalue weighted by molar-refractivity contribution is 6.10. The van der Waals surface area contributed by atoms with Gasteiger partial charge in [-0.3, -0.25) is 0 Å². The van der Waals surface area contributed by atoms with Crippen molar-refractivity contribution in [2.75, 3.05) is 4.90 Å². The maximum atomic E-state index is 8.40. The van der Waals surface area contributed by atoms with E-state index in [0.29, 0.717) is 12.1 Å². The molecule has 1 heterocycles. The van der Waals surface area contributed by atoms with E-state index in [-0.39, 0.29) is 5.41 Å². The first-order valence-corrected chi connectivity index (χ1v) is 20.3. The third kappa shape index (κ3) is 5.87. The first kappa shape index (κ1) is 32.6. The van der Waals surface area contributed by atoms with Crippen LogP contribution in [-0.2, 0) is 5.41 Å². The Hall–Kier alpha value is -7.42. The normalized spacial score (nSPS) is 13.2. The Kier molecular flexibility index (Phi) is 7.69.